The molecule has 2 aromatic carbocycles. The van der Waals surface area contributed by atoms with Crippen molar-refractivity contribution in [2.75, 3.05) is 31.7 Å². The number of anilines is 1. The lowest BCUT2D eigenvalue weighted by Crippen LogP contribution is -2.22. The van der Waals surface area contributed by atoms with Crippen molar-refractivity contribution in [3.05, 3.63) is 35.9 Å². The number of aliphatic hydroxyl groups excluding tert-OH is 1. The van der Waals surface area contributed by atoms with Gasteiger partial charge in [-0.2, -0.15) is 0 Å². The van der Waals surface area contributed by atoms with E-state index in [4.69, 9.17) is 9.47 Å². The first kappa shape index (κ1) is 21.2. The van der Waals surface area contributed by atoms with Crippen LogP contribution < -0.4 is 14.8 Å². The van der Waals surface area contributed by atoms with Crippen LogP contribution in [0.5, 0.6) is 17.2 Å². The molecule has 4 rings (SSSR count). The van der Waals surface area contributed by atoms with E-state index in [0.717, 1.165) is 19.6 Å². The second-order valence-electron chi connectivity index (χ2n) is 7.15. The van der Waals surface area contributed by atoms with Gasteiger partial charge in [-0.3, -0.25) is 4.79 Å². The molecular weight excluding hydrogens is 396 g/mol. The van der Waals surface area contributed by atoms with Gasteiger partial charge in [0, 0.05) is 12.1 Å². The Balaban J connectivity index is 0.00000240. The monoisotopic (exact) mass is 420 g/mol. The maximum atomic E-state index is 11.0. The van der Waals surface area contributed by atoms with Gasteiger partial charge in [-0.15, -0.1) is 12.4 Å². The summed E-state index contributed by atoms with van der Waals surface area (Å²) in [5.74, 6) is 1.19. The Labute approximate surface area is 175 Å². The molecule has 0 bridgehead atoms. The number of ether oxygens (including phenoxy) is 2. The molecule has 0 aromatic heterocycles. The summed E-state index contributed by atoms with van der Waals surface area (Å²) >= 11 is 0. The van der Waals surface area contributed by atoms with Crippen molar-refractivity contribution >= 4 is 24.5 Å². The number of nitrogens with zero attached hydrogens (tertiary/aromatic N) is 1. The zero-order chi connectivity index (χ0) is 19.5. The number of aromatic hydroxyl groups is 1. The predicted octanol–water partition coefficient (Wildman–Crippen LogP) is 3.30. The zero-order valence-corrected chi connectivity index (χ0v) is 16.8. The van der Waals surface area contributed by atoms with Crippen LogP contribution in [0.2, 0.25) is 0 Å². The van der Waals surface area contributed by atoms with Gasteiger partial charge in [0.25, 0.3) is 0 Å². The lowest BCUT2D eigenvalue weighted by molar-refractivity contribution is -0.105. The van der Waals surface area contributed by atoms with Crippen molar-refractivity contribution < 1.29 is 24.5 Å². The minimum absolute atomic E-state index is 0. The Morgan fingerprint density at radius 3 is 2.66 bits per heavy atom. The highest BCUT2D eigenvalue weighted by molar-refractivity contribution is 5.85. The second kappa shape index (κ2) is 9.35. The molecule has 156 valence electrons. The molecule has 1 amide bonds. The van der Waals surface area contributed by atoms with Crippen LogP contribution in [0.25, 0.3) is 11.1 Å². The number of carbonyl (C=O) groups excluding carboxylic acids is 1. The van der Waals surface area contributed by atoms with Crippen LogP contribution in [0, 0.1) is 0 Å². The molecule has 0 radical (unpaired) electrons. The standard InChI is InChI=1S/C21H24N2O5.ClH/c24-12-22-17-10-15(18(25)5-8-23-6-1-2-7-23)9-16(21(17)26)14-3-4-19-20(11-14)28-13-27-19;/h3-4,9-12,18,25-26H,1-2,5-8,13H2,(H,22,24);1H. The van der Waals surface area contributed by atoms with E-state index in [2.05, 4.69) is 10.2 Å². The molecule has 3 N–H and O–H groups in total. The van der Waals surface area contributed by atoms with Gasteiger partial charge in [0.15, 0.2) is 11.5 Å². The van der Waals surface area contributed by atoms with Crippen LogP contribution in [-0.4, -0.2) is 48.0 Å². The van der Waals surface area contributed by atoms with Crippen molar-refractivity contribution in [3.63, 3.8) is 0 Å². The molecular formula is C21H25ClN2O5. The molecule has 1 fully saturated rings. The lowest BCUT2D eigenvalue weighted by atomic mass is 9.96. The Morgan fingerprint density at radius 1 is 1.14 bits per heavy atom. The number of amides is 1. The normalized spacial score (nSPS) is 16.3. The summed E-state index contributed by atoms with van der Waals surface area (Å²) in [6, 6.07) is 8.75. The highest BCUT2D eigenvalue weighted by Gasteiger charge is 2.20. The van der Waals surface area contributed by atoms with Crippen LogP contribution in [-0.2, 0) is 4.79 Å². The number of likely N-dealkylation sites (tertiary alicyclic amines) is 1. The summed E-state index contributed by atoms with van der Waals surface area (Å²) < 4.78 is 10.8. The van der Waals surface area contributed by atoms with Crippen LogP contribution in [0.1, 0.15) is 30.9 Å². The van der Waals surface area contributed by atoms with Gasteiger partial charge in [0.2, 0.25) is 13.2 Å². The number of hydrogen-bond acceptors (Lipinski definition) is 6. The molecule has 8 heteroatoms. The fraction of sp³-hybridized carbons (Fsp3) is 0.381. The van der Waals surface area contributed by atoms with Gasteiger partial charge in [0.1, 0.15) is 5.75 Å². The van der Waals surface area contributed by atoms with E-state index in [1.165, 1.54) is 12.8 Å². The van der Waals surface area contributed by atoms with Gasteiger partial charge in [-0.25, -0.2) is 0 Å². The Morgan fingerprint density at radius 2 is 1.90 bits per heavy atom. The van der Waals surface area contributed by atoms with E-state index in [9.17, 15) is 15.0 Å². The van der Waals surface area contributed by atoms with E-state index >= 15 is 0 Å². The fourth-order valence-corrected chi connectivity index (χ4v) is 3.78. The van der Waals surface area contributed by atoms with Gasteiger partial charge >= 0.3 is 0 Å². The number of fused-ring (bicyclic) bond motifs is 1. The van der Waals surface area contributed by atoms with E-state index in [1.54, 1.807) is 24.3 Å². The molecule has 0 aliphatic carbocycles. The third kappa shape index (κ3) is 4.58. The minimum atomic E-state index is -0.693. The lowest BCUT2D eigenvalue weighted by Gasteiger charge is -2.20. The number of benzene rings is 2. The van der Waals surface area contributed by atoms with Crippen LogP contribution in [0.15, 0.2) is 30.3 Å². The molecule has 1 atom stereocenters. The topological polar surface area (TPSA) is 91.3 Å². The number of phenols is 1. The number of carbonyl (C=O) groups is 1. The number of halogens is 1. The number of phenolic OH excluding ortho intramolecular Hbond substituents is 1. The molecule has 2 aromatic rings. The van der Waals surface area contributed by atoms with Gasteiger partial charge in [-0.05, 0) is 67.7 Å². The predicted molar refractivity (Wildman–Crippen MR) is 112 cm³/mol. The Bertz CT molecular complexity index is 870. The third-order valence-electron chi connectivity index (χ3n) is 5.33. The van der Waals surface area contributed by atoms with Crippen LogP contribution in [0.3, 0.4) is 0 Å². The largest absolute Gasteiger partial charge is 0.505 e. The van der Waals surface area contributed by atoms with Crippen molar-refractivity contribution in [1.82, 2.24) is 4.90 Å². The molecule has 0 saturated carbocycles. The van der Waals surface area contributed by atoms with Crippen molar-refractivity contribution in [2.24, 2.45) is 0 Å². The van der Waals surface area contributed by atoms with Crippen LogP contribution >= 0.6 is 12.4 Å². The summed E-state index contributed by atoms with van der Waals surface area (Å²) in [6.07, 6.45) is 2.82. The van der Waals surface area contributed by atoms with Crippen LogP contribution in [0.4, 0.5) is 5.69 Å². The summed E-state index contributed by atoms with van der Waals surface area (Å²) in [6.45, 7) is 3.13. The second-order valence-corrected chi connectivity index (χ2v) is 7.15. The first-order chi connectivity index (χ1) is 13.7. The highest BCUT2D eigenvalue weighted by atomic mass is 35.5. The smallest absolute Gasteiger partial charge is 0.231 e. The number of nitrogens with one attached hydrogen (secondary N) is 1. The fourth-order valence-electron chi connectivity index (χ4n) is 3.78. The molecule has 2 aliphatic rings. The quantitative estimate of drug-likeness (QED) is 0.470. The summed E-state index contributed by atoms with van der Waals surface area (Å²) in [4.78, 5) is 13.3. The van der Waals surface area contributed by atoms with Gasteiger partial charge < -0.3 is 29.9 Å². The average molecular weight is 421 g/mol. The Kier molecular flexibility index (Phi) is 6.84. The SMILES string of the molecule is Cl.O=CNc1cc(C(O)CCN2CCCC2)cc(-c2ccc3c(c2)OCO3)c1O. The molecule has 1 unspecified atom stereocenters. The highest BCUT2D eigenvalue weighted by Crippen LogP contribution is 2.42. The van der Waals surface area contributed by atoms with E-state index in [0.29, 0.717) is 41.0 Å². The summed E-state index contributed by atoms with van der Waals surface area (Å²) in [7, 11) is 0. The van der Waals surface area contributed by atoms with E-state index in [-0.39, 0.29) is 30.6 Å². The number of hydrogen-bond donors (Lipinski definition) is 3. The minimum Gasteiger partial charge on any atom is -0.505 e. The number of aliphatic hydroxyl groups is 1. The molecule has 2 aliphatic heterocycles. The summed E-state index contributed by atoms with van der Waals surface area (Å²) in [5.41, 5.74) is 2.14. The van der Waals surface area contributed by atoms with Crippen molar-refractivity contribution in [1.29, 1.82) is 0 Å². The van der Waals surface area contributed by atoms with E-state index in [1.807, 2.05) is 6.07 Å². The molecule has 0 spiro atoms. The number of rotatable bonds is 7. The first-order valence-corrected chi connectivity index (χ1v) is 9.53. The molecule has 29 heavy (non-hydrogen) atoms. The van der Waals surface area contributed by atoms with Crippen molar-refractivity contribution in [3.8, 4) is 28.4 Å². The average Bonchev–Trinajstić information content (AvgIpc) is 3.39. The molecule has 7 nitrogen and oxygen atoms in total. The third-order valence-corrected chi connectivity index (χ3v) is 5.33. The van der Waals surface area contributed by atoms with Gasteiger partial charge in [0.05, 0.1) is 11.8 Å². The van der Waals surface area contributed by atoms with Crippen molar-refractivity contribution in [2.45, 2.75) is 25.4 Å². The maximum absolute atomic E-state index is 11.0. The molecule has 1 saturated heterocycles. The zero-order valence-electron chi connectivity index (χ0n) is 16.0. The maximum Gasteiger partial charge on any atom is 0.231 e. The Hall–Kier alpha value is -2.48. The summed E-state index contributed by atoms with van der Waals surface area (Å²) in [5, 5.41) is 23.9. The van der Waals surface area contributed by atoms with E-state index < -0.39 is 6.10 Å². The first-order valence-electron chi connectivity index (χ1n) is 9.53. The molecule has 2 heterocycles. The van der Waals surface area contributed by atoms with Gasteiger partial charge in [-0.1, -0.05) is 6.07 Å².